The number of carbonyl (C=O) groups excluding carboxylic acids is 1. The van der Waals surface area contributed by atoms with Gasteiger partial charge >= 0.3 is 7.12 Å². The lowest BCUT2D eigenvalue weighted by Crippen LogP contribution is -2.31. The van der Waals surface area contributed by atoms with E-state index in [-0.39, 0.29) is 11.9 Å². The van der Waals surface area contributed by atoms with E-state index >= 15 is 0 Å². The van der Waals surface area contributed by atoms with Gasteiger partial charge in [0.25, 0.3) is 5.91 Å². The normalized spacial score (nSPS) is 14.8. The van der Waals surface area contributed by atoms with E-state index in [1.807, 2.05) is 0 Å². The van der Waals surface area contributed by atoms with Gasteiger partial charge in [0.15, 0.2) is 0 Å². The fraction of sp³-hybridized carbons (Fsp3) is 0.273. The molecule has 0 bridgehead atoms. The first kappa shape index (κ1) is 11.2. The molecule has 0 aromatic carbocycles. The van der Waals surface area contributed by atoms with Gasteiger partial charge in [0.2, 0.25) is 0 Å². The standard InChI is InChI=1S/C11H12BN3O3/c16-11(14-8-2-3-8)9-5-13-10-4-1-7(12(17)18)6-15(9)10/h1,4-6,8,17-18H,2-3H2,(H,14,16). The van der Waals surface area contributed by atoms with Crippen LogP contribution in [0, 0.1) is 0 Å². The van der Waals surface area contributed by atoms with Gasteiger partial charge in [-0.25, -0.2) is 4.98 Å². The molecule has 0 unspecified atom stereocenters. The Morgan fingerprint density at radius 3 is 2.89 bits per heavy atom. The molecule has 2 aromatic rings. The van der Waals surface area contributed by atoms with Crippen LogP contribution in [0.2, 0.25) is 0 Å². The second-order valence-corrected chi connectivity index (χ2v) is 4.46. The Balaban J connectivity index is 2.00. The average Bonchev–Trinajstić information content (AvgIpc) is 3.05. The lowest BCUT2D eigenvalue weighted by molar-refractivity contribution is 0.0945. The first-order valence-electron chi connectivity index (χ1n) is 5.79. The summed E-state index contributed by atoms with van der Waals surface area (Å²) < 4.78 is 1.56. The highest BCUT2D eigenvalue weighted by atomic mass is 16.4. The van der Waals surface area contributed by atoms with Crippen LogP contribution < -0.4 is 10.8 Å². The number of pyridine rings is 1. The second-order valence-electron chi connectivity index (χ2n) is 4.46. The Bertz CT molecular complexity index is 607. The summed E-state index contributed by atoms with van der Waals surface area (Å²) >= 11 is 0. The summed E-state index contributed by atoms with van der Waals surface area (Å²) in [7, 11) is -1.56. The number of hydrogen-bond acceptors (Lipinski definition) is 4. The smallest absolute Gasteiger partial charge is 0.423 e. The second kappa shape index (κ2) is 4.11. The molecule has 0 saturated heterocycles. The molecule has 0 atom stereocenters. The van der Waals surface area contributed by atoms with Gasteiger partial charge in [-0.1, -0.05) is 6.07 Å². The maximum atomic E-state index is 12.0. The molecular formula is C11H12BN3O3. The van der Waals surface area contributed by atoms with E-state index in [4.69, 9.17) is 10.0 Å². The van der Waals surface area contributed by atoms with Crippen molar-refractivity contribution in [3.8, 4) is 0 Å². The average molecular weight is 245 g/mol. The third kappa shape index (κ3) is 1.98. The molecule has 1 aliphatic rings. The zero-order chi connectivity index (χ0) is 12.7. The van der Waals surface area contributed by atoms with E-state index < -0.39 is 7.12 Å². The van der Waals surface area contributed by atoms with Crippen molar-refractivity contribution >= 4 is 24.1 Å². The summed E-state index contributed by atoms with van der Waals surface area (Å²) in [6.45, 7) is 0. The highest BCUT2D eigenvalue weighted by Gasteiger charge is 2.25. The Morgan fingerprint density at radius 1 is 1.44 bits per heavy atom. The van der Waals surface area contributed by atoms with Crippen molar-refractivity contribution in [3.05, 3.63) is 30.2 Å². The first-order chi connectivity index (χ1) is 8.65. The summed E-state index contributed by atoms with van der Waals surface area (Å²) in [6, 6.07) is 3.48. The third-order valence-corrected chi connectivity index (χ3v) is 2.97. The molecule has 2 aromatic heterocycles. The topological polar surface area (TPSA) is 86.9 Å². The number of rotatable bonds is 3. The van der Waals surface area contributed by atoms with Gasteiger partial charge in [-0.2, -0.15) is 0 Å². The number of imidazole rings is 1. The number of carbonyl (C=O) groups is 1. The van der Waals surface area contributed by atoms with Crippen LogP contribution in [0.1, 0.15) is 23.3 Å². The fourth-order valence-electron chi connectivity index (χ4n) is 1.80. The van der Waals surface area contributed by atoms with Gasteiger partial charge in [-0.15, -0.1) is 0 Å². The summed E-state index contributed by atoms with van der Waals surface area (Å²) in [6.07, 6.45) is 5.03. The van der Waals surface area contributed by atoms with Crippen LogP contribution in [0.3, 0.4) is 0 Å². The Labute approximate surface area is 103 Å². The first-order valence-corrected chi connectivity index (χ1v) is 5.79. The summed E-state index contributed by atoms with van der Waals surface area (Å²) in [4.78, 5) is 16.1. The van der Waals surface area contributed by atoms with Gasteiger partial charge in [-0.3, -0.25) is 9.20 Å². The molecule has 18 heavy (non-hydrogen) atoms. The van der Waals surface area contributed by atoms with Gasteiger partial charge in [0, 0.05) is 12.2 Å². The molecular weight excluding hydrogens is 233 g/mol. The molecule has 6 nitrogen and oxygen atoms in total. The van der Waals surface area contributed by atoms with E-state index in [1.165, 1.54) is 12.4 Å². The van der Waals surface area contributed by atoms with Gasteiger partial charge in [0.05, 0.1) is 6.20 Å². The lowest BCUT2D eigenvalue weighted by atomic mass is 9.82. The van der Waals surface area contributed by atoms with Crippen LogP contribution in [-0.2, 0) is 0 Å². The summed E-state index contributed by atoms with van der Waals surface area (Å²) in [5.74, 6) is -0.186. The molecule has 1 aliphatic carbocycles. The highest BCUT2D eigenvalue weighted by molar-refractivity contribution is 6.58. The minimum absolute atomic E-state index is 0.186. The van der Waals surface area contributed by atoms with Gasteiger partial charge in [0.1, 0.15) is 11.3 Å². The maximum Gasteiger partial charge on any atom is 0.489 e. The number of amides is 1. The summed E-state index contributed by atoms with van der Waals surface area (Å²) in [5.41, 5.74) is 1.32. The lowest BCUT2D eigenvalue weighted by Gasteiger charge is -2.05. The monoisotopic (exact) mass is 245 g/mol. The maximum absolute atomic E-state index is 12.0. The highest BCUT2D eigenvalue weighted by Crippen LogP contribution is 2.19. The van der Waals surface area contributed by atoms with Crippen molar-refractivity contribution in [2.45, 2.75) is 18.9 Å². The molecule has 1 amide bonds. The molecule has 0 aliphatic heterocycles. The molecule has 1 fully saturated rings. The Morgan fingerprint density at radius 2 is 2.22 bits per heavy atom. The molecule has 7 heteroatoms. The zero-order valence-electron chi connectivity index (χ0n) is 9.58. The van der Waals surface area contributed by atoms with Crippen molar-refractivity contribution in [1.29, 1.82) is 0 Å². The van der Waals surface area contributed by atoms with E-state index in [9.17, 15) is 4.79 Å². The molecule has 1 saturated carbocycles. The SMILES string of the molecule is O=C(NC1CC1)c1cnc2ccc(B(O)O)cn12. The van der Waals surface area contributed by atoms with E-state index in [2.05, 4.69) is 10.3 Å². The molecule has 92 valence electrons. The fourth-order valence-corrected chi connectivity index (χ4v) is 1.80. The molecule has 3 N–H and O–H groups in total. The van der Waals surface area contributed by atoms with Crippen molar-refractivity contribution in [2.75, 3.05) is 0 Å². The third-order valence-electron chi connectivity index (χ3n) is 2.97. The van der Waals surface area contributed by atoms with Crippen LogP contribution in [0.25, 0.3) is 5.65 Å². The van der Waals surface area contributed by atoms with E-state index in [0.29, 0.717) is 16.8 Å². The predicted octanol–water partition coefficient (Wildman–Crippen LogP) is -1.09. The number of nitrogens with one attached hydrogen (secondary N) is 1. The van der Waals surface area contributed by atoms with Crippen molar-refractivity contribution < 1.29 is 14.8 Å². The largest absolute Gasteiger partial charge is 0.489 e. The number of hydrogen-bond donors (Lipinski definition) is 3. The zero-order valence-corrected chi connectivity index (χ0v) is 9.58. The molecule has 2 heterocycles. The molecule has 0 radical (unpaired) electrons. The van der Waals surface area contributed by atoms with Crippen LogP contribution in [0.4, 0.5) is 0 Å². The van der Waals surface area contributed by atoms with Crippen LogP contribution in [-0.4, -0.2) is 38.5 Å². The number of fused-ring (bicyclic) bond motifs is 1. The number of nitrogens with zero attached hydrogens (tertiary/aromatic N) is 2. The minimum atomic E-state index is -1.56. The molecule has 3 rings (SSSR count). The van der Waals surface area contributed by atoms with Crippen LogP contribution in [0.5, 0.6) is 0 Å². The van der Waals surface area contributed by atoms with Crippen molar-refractivity contribution in [2.24, 2.45) is 0 Å². The van der Waals surface area contributed by atoms with E-state index in [0.717, 1.165) is 12.8 Å². The van der Waals surface area contributed by atoms with Crippen LogP contribution in [0.15, 0.2) is 24.5 Å². The quantitative estimate of drug-likeness (QED) is 0.599. The molecule has 0 spiro atoms. The Kier molecular flexibility index (Phi) is 2.57. The predicted molar refractivity (Wildman–Crippen MR) is 65.5 cm³/mol. The minimum Gasteiger partial charge on any atom is -0.423 e. The van der Waals surface area contributed by atoms with Crippen molar-refractivity contribution in [3.63, 3.8) is 0 Å². The Hall–Kier alpha value is -1.86. The summed E-state index contributed by atoms with van der Waals surface area (Å²) in [5, 5.41) is 21.1. The van der Waals surface area contributed by atoms with Crippen LogP contribution >= 0.6 is 0 Å². The van der Waals surface area contributed by atoms with Gasteiger partial charge < -0.3 is 15.4 Å². The van der Waals surface area contributed by atoms with Gasteiger partial charge in [-0.05, 0) is 24.4 Å². The van der Waals surface area contributed by atoms with E-state index in [1.54, 1.807) is 16.5 Å². The van der Waals surface area contributed by atoms with Crippen molar-refractivity contribution in [1.82, 2.24) is 14.7 Å². The number of aromatic nitrogens is 2.